The number of hydrogen-bond donors (Lipinski definition) is 3. The molecule has 1 heterocycles. The molecule has 0 unspecified atom stereocenters. The first-order valence-electron chi connectivity index (χ1n) is 5.87. The van der Waals surface area contributed by atoms with Gasteiger partial charge in [0.05, 0.1) is 0 Å². The van der Waals surface area contributed by atoms with E-state index in [1.807, 2.05) is 6.20 Å². The molecule has 4 N–H and O–H groups in total. The molecule has 1 saturated carbocycles. The molecule has 1 aromatic heterocycles. The molecule has 0 spiro atoms. The highest BCUT2D eigenvalue weighted by molar-refractivity contribution is 5.08. The zero-order valence-electron chi connectivity index (χ0n) is 9.26. The number of aromatic nitrogens is 1. The molecule has 1 aliphatic carbocycles. The molecule has 2 rings (SSSR count). The van der Waals surface area contributed by atoms with Crippen molar-refractivity contribution in [2.45, 2.75) is 25.7 Å². The van der Waals surface area contributed by atoms with Gasteiger partial charge in [0, 0.05) is 18.9 Å². The lowest BCUT2D eigenvalue weighted by Crippen LogP contribution is -2.45. The first-order valence-corrected chi connectivity index (χ1v) is 5.87. The van der Waals surface area contributed by atoms with Crippen molar-refractivity contribution in [2.75, 3.05) is 19.6 Å². The van der Waals surface area contributed by atoms with Crippen molar-refractivity contribution in [2.24, 2.45) is 11.1 Å². The monoisotopic (exact) mass is 207 g/mol. The van der Waals surface area contributed by atoms with Crippen LogP contribution in [-0.2, 0) is 6.42 Å². The van der Waals surface area contributed by atoms with E-state index in [0.29, 0.717) is 5.41 Å². The van der Waals surface area contributed by atoms with Crippen molar-refractivity contribution in [1.82, 2.24) is 10.3 Å². The van der Waals surface area contributed by atoms with Gasteiger partial charge in [0.25, 0.3) is 0 Å². The van der Waals surface area contributed by atoms with E-state index in [2.05, 4.69) is 22.6 Å². The van der Waals surface area contributed by atoms with Crippen LogP contribution in [0.4, 0.5) is 0 Å². The van der Waals surface area contributed by atoms with Gasteiger partial charge in [-0.2, -0.15) is 0 Å². The predicted molar refractivity (Wildman–Crippen MR) is 62.7 cm³/mol. The minimum absolute atomic E-state index is 0.429. The van der Waals surface area contributed by atoms with Crippen LogP contribution in [0.3, 0.4) is 0 Å². The van der Waals surface area contributed by atoms with Gasteiger partial charge in [0.2, 0.25) is 0 Å². The van der Waals surface area contributed by atoms with Gasteiger partial charge in [-0.3, -0.25) is 0 Å². The molecule has 15 heavy (non-hydrogen) atoms. The minimum Gasteiger partial charge on any atom is -0.367 e. The summed E-state index contributed by atoms with van der Waals surface area (Å²) in [6.07, 6.45) is 9.11. The Balaban J connectivity index is 1.62. The summed E-state index contributed by atoms with van der Waals surface area (Å²) in [7, 11) is 0. The number of nitrogens with two attached hydrogens (primary N) is 1. The highest BCUT2D eigenvalue weighted by atomic mass is 14.9. The number of hydrogen-bond acceptors (Lipinski definition) is 2. The third kappa shape index (κ3) is 2.61. The van der Waals surface area contributed by atoms with Crippen molar-refractivity contribution >= 4 is 0 Å². The second kappa shape index (κ2) is 4.81. The maximum absolute atomic E-state index is 5.80. The smallest absolute Gasteiger partial charge is 0.00378 e. The van der Waals surface area contributed by atoms with Crippen LogP contribution in [0.1, 0.15) is 24.8 Å². The number of nitrogens with one attached hydrogen (secondary N) is 2. The summed E-state index contributed by atoms with van der Waals surface area (Å²) in [5.74, 6) is 0. The Bertz CT molecular complexity index is 270. The molecular weight excluding hydrogens is 186 g/mol. The molecule has 1 fully saturated rings. The van der Waals surface area contributed by atoms with Crippen LogP contribution in [0.15, 0.2) is 18.5 Å². The summed E-state index contributed by atoms with van der Waals surface area (Å²) in [6, 6.07) is 2.13. The molecule has 0 saturated heterocycles. The maximum atomic E-state index is 5.80. The Hall–Kier alpha value is -0.800. The van der Waals surface area contributed by atoms with Crippen LogP contribution in [0.5, 0.6) is 0 Å². The molecule has 1 aliphatic rings. The Kier molecular flexibility index (Phi) is 3.44. The SMILES string of the molecule is NCC1(CNCCc2cc[nH]c2)CCC1. The Morgan fingerprint density at radius 1 is 1.47 bits per heavy atom. The van der Waals surface area contributed by atoms with Crippen LogP contribution in [0, 0.1) is 5.41 Å². The summed E-state index contributed by atoms with van der Waals surface area (Å²) in [4.78, 5) is 3.07. The van der Waals surface area contributed by atoms with Crippen LogP contribution in [0.2, 0.25) is 0 Å². The van der Waals surface area contributed by atoms with E-state index in [1.54, 1.807) is 0 Å². The molecule has 0 bridgehead atoms. The first kappa shape index (κ1) is 10.7. The number of aromatic amines is 1. The van der Waals surface area contributed by atoms with Gasteiger partial charge in [-0.15, -0.1) is 0 Å². The second-order valence-corrected chi connectivity index (χ2v) is 4.70. The third-order valence-electron chi connectivity index (χ3n) is 3.60. The fraction of sp³-hybridized carbons (Fsp3) is 0.667. The predicted octanol–water partition coefficient (Wildman–Crippen LogP) is 1.28. The Morgan fingerprint density at radius 2 is 2.33 bits per heavy atom. The molecule has 0 radical (unpaired) electrons. The van der Waals surface area contributed by atoms with Crippen LogP contribution in [0.25, 0.3) is 0 Å². The van der Waals surface area contributed by atoms with Crippen LogP contribution >= 0.6 is 0 Å². The number of H-pyrrole nitrogens is 1. The topological polar surface area (TPSA) is 53.8 Å². The average molecular weight is 207 g/mol. The fourth-order valence-electron chi connectivity index (χ4n) is 2.23. The standard InChI is InChI=1S/C12H21N3/c13-9-12(4-1-5-12)10-15-7-3-11-2-6-14-8-11/h2,6,8,14-15H,1,3-5,7,9-10,13H2. The number of rotatable bonds is 6. The molecule has 0 aliphatic heterocycles. The molecule has 0 amide bonds. The van der Waals surface area contributed by atoms with Gasteiger partial charge >= 0.3 is 0 Å². The van der Waals surface area contributed by atoms with Crippen LogP contribution < -0.4 is 11.1 Å². The zero-order chi connectivity index (χ0) is 10.6. The van der Waals surface area contributed by atoms with Gasteiger partial charge in [0.15, 0.2) is 0 Å². The van der Waals surface area contributed by atoms with Crippen molar-refractivity contribution < 1.29 is 0 Å². The van der Waals surface area contributed by atoms with E-state index < -0.39 is 0 Å². The zero-order valence-corrected chi connectivity index (χ0v) is 9.26. The quantitative estimate of drug-likeness (QED) is 0.615. The van der Waals surface area contributed by atoms with Crippen molar-refractivity contribution in [3.05, 3.63) is 24.0 Å². The van der Waals surface area contributed by atoms with Crippen molar-refractivity contribution in [3.8, 4) is 0 Å². The largest absolute Gasteiger partial charge is 0.367 e. The highest BCUT2D eigenvalue weighted by Crippen LogP contribution is 2.38. The fourth-order valence-corrected chi connectivity index (χ4v) is 2.23. The van der Waals surface area contributed by atoms with Gasteiger partial charge < -0.3 is 16.0 Å². The van der Waals surface area contributed by atoms with Gasteiger partial charge in [-0.05, 0) is 49.4 Å². The molecular formula is C12H21N3. The third-order valence-corrected chi connectivity index (χ3v) is 3.60. The summed E-state index contributed by atoms with van der Waals surface area (Å²) in [5, 5.41) is 3.52. The lowest BCUT2D eigenvalue weighted by Gasteiger charge is -2.41. The Morgan fingerprint density at radius 3 is 2.87 bits per heavy atom. The summed E-state index contributed by atoms with van der Waals surface area (Å²) < 4.78 is 0. The van der Waals surface area contributed by atoms with E-state index in [-0.39, 0.29) is 0 Å². The van der Waals surface area contributed by atoms with Gasteiger partial charge in [0.1, 0.15) is 0 Å². The first-order chi connectivity index (χ1) is 7.35. The van der Waals surface area contributed by atoms with E-state index in [4.69, 9.17) is 5.73 Å². The molecule has 3 nitrogen and oxygen atoms in total. The summed E-state index contributed by atoms with van der Waals surface area (Å²) in [6.45, 7) is 2.98. The highest BCUT2D eigenvalue weighted by Gasteiger charge is 2.34. The summed E-state index contributed by atoms with van der Waals surface area (Å²) >= 11 is 0. The lowest BCUT2D eigenvalue weighted by molar-refractivity contribution is 0.141. The molecule has 84 valence electrons. The van der Waals surface area contributed by atoms with Crippen LogP contribution in [-0.4, -0.2) is 24.6 Å². The van der Waals surface area contributed by atoms with Gasteiger partial charge in [-0.25, -0.2) is 0 Å². The van der Waals surface area contributed by atoms with E-state index >= 15 is 0 Å². The molecule has 0 atom stereocenters. The summed E-state index contributed by atoms with van der Waals surface area (Å²) in [5.41, 5.74) is 7.60. The van der Waals surface area contributed by atoms with Gasteiger partial charge in [-0.1, -0.05) is 6.42 Å². The van der Waals surface area contributed by atoms with E-state index in [9.17, 15) is 0 Å². The second-order valence-electron chi connectivity index (χ2n) is 4.70. The molecule has 3 heteroatoms. The lowest BCUT2D eigenvalue weighted by atomic mass is 9.69. The minimum atomic E-state index is 0.429. The Labute approximate surface area is 91.4 Å². The van der Waals surface area contributed by atoms with Crippen molar-refractivity contribution in [1.29, 1.82) is 0 Å². The van der Waals surface area contributed by atoms with Crippen molar-refractivity contribution in [3.63, 3.8) is 0 Å². The molecule has 0 aromatic carbocycles. The molecule has 1 aromatic rings. The maximum Gasteiger partial charge on any atom is 0.00378 e. The normalized spacial score (nSPS) is 18.7. The van der Waals surface area contributed by atoms with E-state index in [1.165, 1.54) is 24.8 Å². The average Bonchev–Trinajstić information content (AvgIpc) is 2.68. The van der Waals surface area contributed by atoms with E-state index in [0.717, 1.165) is 26.1 Å².